The van der Waals surface area contributed by atoms with Crippen molar-refractivity contribution in [3.8, 4) is 11.1 Å². The molecule has 2 aliphatic rings. The normalized spacial score (nSPS) is 20.1. The number of Topliss-reactive ketones (excluding diaryl/α,β-unsaturated/α-hetero) is 1. The molecule has 5 rings (SSSR count). The second-order valence-electron chi connectivity index (χ2n) is 8.74. The van der Waals surface area contributed by atoms with Crippen LogP contribution in [0.4, 0.5) is 0 Å². The predicted octanol–water partition coefficient (Wildman–Crippen LogP) is 5.87. The van der Waals surface area contributed by atoms with Crippen molar-refractivity contribution in [1.82, 2.24) is 5.32 Å². The third-order valence-corrected chi connectivity index (χ3v) is 6.62. The Balaban J connectivity index is 1.57. The number of esters is 1. The molecule has 0 fully saturated rings. The van der Waals surface area contributed by atoms with Crippen LogP contribution < -0.4 is 5.32 Å². The van der Waals surface area contributed by atoms with Crippen LogP contribution in [0.2, 0.25) is 0 Å². The Labute approximate surface area is 199 Å². The Morgan fingerprint density at radius 1 is 1.00 bits per heavy atom. The third-order valence-electron chi connectivity index (χ3n) is 6.62. The van der Waals surface area contributed by atoms with Gasteiger partial charge in [0.05, 0.1) is 18.4 Å². The summed E-state index contributed by atoms with van der Waals surface area (Å²) in [4.78, 5) is 26.6. The molecule has 0 saturated heterocycles. The standard InChI is InChI=1S/C29H27NO4/c1-3-33-29(32)26-18(2)30-23-16-22(25-10-7-15-34-25)17-24(31)28(23)27(26)21-13-11-20(12-14-21)19-8-5-4-6-9-19/h4-15,22,27,30H,3,16-17H2,1-2H3/t22-,27+/m0/s1. The minimum absolute atomic E-state index is 0.0215. The van der Waals surface area contributed by atoms with E-state index in [1.54, 1.807) is 13.2 Å². The highest BCUT2D eigenvalue weighted by molar-refractivity contribution is 6.04. The van der Waals surface area contributed by atoms with Crippen LogP contribution in [-0.2, 0) is 14.3 Å². The smallest absolute Gasteiger partial charge is 0.336 e. The lowest BCUT2D eigenvalue weighted by Crippen LogP contribution is -2.36. The summed E-state index contributed by atoms with van der Waals surface area (Å²) in [5.41, 5.74) is 5.84. The van der Waals surface area contributed by atoms with Gasteiger partial charge in [-0.3, -0.25) is 4.79 Å². The van der Waals surface area contributed by atoms with Gasteiger partial charge < -0.3 is 14.5 Å². The summed E-state index contributed by atoms with van der Waals surface area (Å²) in [5.74, 6) is -0.0426. The number of rotatable bonds is 5. The predicted molar refractivity (Wildman–Crippen MR) is 130 cm³/mol. The number of benzene rings is 2. The van der Waals surface area contributed by atoms with Crippen molar-refractivity contribution < 1.29 is 18.7 Å². The summed E-state index contributed by atoms with van der Waals surface area (Å²) in [6.07, 6.45) is 2.64. The molecule has 0 bridgehead atoms. The van der Waals surface area contributed by atoms with E-state index < -0.39 is 11.9 Å². The Bertz CT molecular complexity index is 1270. The average Bonchev–Trinajstić information content (AvgIpc) is 3.39. The molecule has 1 N–H and O–H groups in total. The second kappa shape index (κ2) is 9.18. The van der Waals surface area contributed by atoms with Crippen LogP contribution in [0.1, 0.15) is 49.8 Å². The number of dihydropyridines is 1. The zero-order valence-corrected chi connectivity index (χ0v) is 19.3. The van der Waals surface area contributed by atoms with E-state index in [0.29, 0.717) is 24.0 Å². The van der Waals surface area contributed by atoms with Crippen molar-refractivity contribution in [2.75, 3.05) is 6.61 Å². The lowest BCUT2D eigenvalue weighted by molar-refractivity contribution is -0.138. The van der Waals surface area contributed by atoms with Crippen molar-refractivity contribution in [2.45, 2.75) is 38.5 Å². The molecule has 2 heterocycles. The molecule has 3 aromatic rings. The number of carbonyl (C=O) groups is 2. The van der Waals surface area contributed by atoms with Crippen LogP contribution in [-0.4, -0.2) is 18.4 Å². The summed E-state index contributed by atoms with van der Waals surface area (Å²) < 4.78 is 11.0. The van der Waals surface area contributed by atoms with Crippen molar-refractivity contribution in [3.05, 3.63) is 107 Å². The number of hydrogen-bond donors (Lipinski definition) is 1. The first-order valence-electron chi connectivity index (χ1n) is 11.7. The summed E-state index contributed by atoms with van der Waals surface area (Å²) in [7, 11) is 0. The maximum absolute atomic E-state index is 13.5. The fraction of sp³-hybridized carbons (Fsp3) is 0.241. The van der Waals surface area contributed by atoms with Gasteiger partial charge in [0, 0.05) is 35.2 Å². The first-order valence-corrected chi connectivity index (χ1v) is 11.7. The molecule has 0 saturated carbocycles. The van der Waals surface area contributed by atoms with E-state index in [4.69, 9.17) is 9.15 Å². The Morgan fingerprint density at radius 3 is 2.41 bits per heavy atom. The molecule has 1 aromatic heterocycles. The van der Waals surface area contributed by atoms with Crippen LogP contribution >= 0.6 is 0 Å². The molecule has 172 valence electrons. The van der Waals surface area contributed by atoms with Crippen LogP contribution in [0.3, 0.4) is 0 Å². The van der Waals surface area contributed by atoms with E-state index in [1.165, 1.54) is 0 Å². The third kappa shape index (κ3) is 3.98. The largest absolute Gasteiger partial charge is 0.469 e. The van der Waals surface area contributed by atoms with Gasteiger partial charge in [-0.2, -0.15) is 0 Å². The number of hydrogen-bond acceptors (Lipinski definition) is 5. The van der Waals surface area contributed by atoms with Gasteiger partial charge in [0.2, 0.25) is 0 Å². The lowest BCUT2D eigenvalue weighted by atomic mass is 9.72. The van der Waals surface area contributed by atoms with E-state index in [2.05, 4.69) is 17.4 Å². The maximum Gasteiger partial charge on any atom is 0.336 e. The SMILES string of the molecule is CCOC(=O)C1=C(C)NC2=C(C(=O)C[C@@H](c3ccco3)C2)[C@@H]1c1ccc(-c2ccccc2)cc1. The number of nitrogens with one attached hydrogen (secondary N) is 1. The molecular weight excluding hydrogens is 426 g/mol. The van der Waals surface area contributed by atoms with Gasteiger partial charge in [-0.15, -0.1) is 0 Å². The molecule has 0 radical (unpaired) electrons. The lowest BCUT2D eigenvalue weighted by Gasteiger charge is -2.36. The second-order valence-corrected chi connectivity index (χ2v) is 8.74. The van der Waals surface area contributed by atoms with Crippen LogP contribution in [0.15, 0.2) is 100.0 Å². The fourth-order valence-electron chi connectivity index (χ4n) is 5.08. The van der Waals surface area contributed by atoms with Gasteiger partial charge >= 0.3 is 5.97 Å². The summed E-state index contributed by atoms with van der Waals surface area (Å²) in [5, 5.41) is 3.36. The molecule has 0 unspecified atom stereocenters. The van der Waals surface area contributed by atoms with Gasteiger partial charge in [-0.05, 0) is 49.1 Å². The van der Waals surface area contributed by atoms with E-state index >= 15 is 0 Å². The Kier molecular flexibility index (Phi) is 5.93. The zero-order chi connectivity index (χ0) is 23.7. The highest BCUT2D eigenvalue weighted by atomic mass is 16.5. The topological polar surface area (TPSA) is 68.5 Å². The number of allylic oxidation sites excluding steroid dienone is 3. The average molecular weight is 454 g/mol. The van der Waals surface area contributed by atoms with E-state index in [0.717, 1.165) is 33.8 Å². The minimum atomic E-state index is -0.467. The number of ether oxygens (including phenoxy) is 1. The highest BCUT2D eigenvalue weighted by Crippen LogP contribution is 2.46. The summed E-state index contributed by atoms with van der Waals surface area (Å²) in [6.45, 7) is 3.94. The maximum atomic E-state index is 13.5. The first-order chi connectivity index (χ1) is 16.6. The Hall–Kier alpha value is -3.86. The fourth-order valence-corrected chi connectivity index (χ4v) is 5.08. The van der Waals surface area contributed by atoms with Gasteiger partial charge in [0.15, 0.2) is 5.78 Å². The first kappa shape index (κ1) is 22.0. The summed E-state index contributed by atoms with van der Waals surface area (Å²) in [6, 6.07) is 22.0. The van der Waals surface area contributed by atoms with Gasteiger partial charge in [0.1, 0.15) is 5.76 Å². The number of furan rings is 1. The molecule has 1 aliphatic carbocycles. The van der Waals surface area contributed by atoms with Crippen LogP contribution in [0.25, 0.3) is 11.1 Å². The molecular formula is C29H27NO4. The minimum Gasteiger partial charge on any atom is -0.469 e. The van der Waals surface area contributed by atoms with Crippen molar-refractivity contribution in [1.29, 1.82) is 0 Å². The Morgan fingerprint density at radius 2 is 1.74 bits per heavy atom. The number of ketones is 1. The number of carbonyl (C=O) groups excluding carboxylic acids is 2. The van der Waals surface area contributed by atoms with E-state index in [9.17, 15) is 9.59 Å². The van der Waals surface area contributed by atoms with Crippen LogP contribution in [0.5, 0.6) is 0 Å². The van der Waals surface area contributed by atoms with E-state index in [-0.39, 0.29) is 18.3 Å². The molecule has 2 aromatic carbocycles. The van der Waals surface area contributed by atoms with E-state index in [1.807, 2.05) is 61.5 Å². The molecule has 5 heteroatoms. The van der Waals surface area contributed by atoms with Gasteiger partial charge in [-0.25, -0.2) is 4.79 Å². The van der Waals surface area contributed by atoms with Gasteiger partial charge in [-0.1, -0.05) is 54.6 Å². The molecule has 0 amide bonds. The van der Waals surface area contributed by atoms with Crippen molar-refractivity contribution in [3.63, 3.8) is 0 Å². The molecule has 0 spiro atoms. The zero-order valence-electron chi connectivity index (χ0n) is 19.3. The molecule has 2 atom stereocenters. The summed E-state index contributed by atoms with van der Waals surface area (Å²) >= 11 is 0. The van der Waals surface area contributed by atoms with Crippen molar-refractivity contribution >= 4 is 11.8 Å². The molecule has 1 aliphatic heterocycles. The van der Waals surface area contributed by atoms with Crippen molar-refractivity contribution in [2.24, 2.45) is 0 Å². The monoisotopic (exact) mass is 453 g/mol. The highest BCUT2D eigenvalue weighted by Gasteiger charge is 2.41. The molecule has 34 heavy (non-hydrogen) atoms. The quantitative estimate of drug-likeness (QED) is 0.489. The molecule has 5 nitrogen and oxygen atoms in total. The van der Waals surface area contributed by atoms with Gasteiger partial charge in [0.25, 0.3) is 0 Å². The van der Waals surface area contributed by atoms with Crippen LogP contribution in [0, 0.1) is 0 Å².